The standard InChI is InChI=1S/C36H44N6O6/c1-36(2,3)48-35(47)23-5-10-30(37-20-23)41-13-12-22-18-25(6-4-24(22)21-41)39-14-16-40(17-15-39)26-7-8-27-28(19-26)34(46)42(33(27)45)29-9-11-31(43)38-32(29)44/h5,7-8,10,19-20,22,24-25,29H,4,6,9,11-18,21H2,1-3H3,(H,38,43,44)/t22-,24-,25?,29?/m1/s1. The number of pyridine rings is 1. The van der Waals surface area contributed by atoms with E-state index in [1.165, 1.54) is 19.3 Å². The van der Waals surface area contributed by atoms with Crippen LogP contribution < -0.4 is 15.1 Å². The van der Waals surface area contributed by atoms with E-state index in [1.807, 2.05) is 39.0 Å². The van der Waals surface area contributed by atoms with Crippen molar-refractivity contribution in [3.63, 3.8) is 0 Å². The van der Waals surface area contributed by atoms with Crippen LogP contribution in [-0.2, 0) is 14.3 Å². The summed E-state index contributed by atoms with van der Waals surface area (Å²) in [5.74, 6) is -0.0411. The molecule has 1 saturated carbocycles. The van der Waals surface area contributed by atoms with Crippen molar-refractivity contribution in [1.29, 1.82) is 0 Å². The first-order valence-corrected chi connectivity index (χ1v) is 17.2. The average molecular weight is 657 g/mol. The lowest BCUT2D eigenvalue weighted by Gasteiger charge is -2.48. The average Bonchev–Trinajstić information content (AvgIpc) is 3.32. The van der Waals surface area contributed by atoms with E-state index >= 15 is 0 Å². The number of amides is 4. The molecule has 1 aromatic carbocycles. The van der Waals surface area contributed by atoms with Gasteiger partial charge in [0.2, 0.25) is 11.8 Å². The molecule has 12 heteroatoms. The van der Waals surface area contributed by atoms with Crippen molar-refractivity contribution in [3.8, 4) is 0 Å². The largest absolute Gasteiger partial charge is 0.456 e. The number of carbonyl (C=O) groups excluding carboxylic acids is 5. The second kappa shape index (κ2) is 12.6. The number of esters is 1. The van der Waals surface area contributed by atoms with Crippen molar-refractivity contribution >= 4 is 41.1 Å². The molecular weight excluding hydrogens is 612 g/mol. The second-order valence-corrected chi connectivity index (χ2v) is 14.8. The van der Waals surface area contributed by atoms with Gasteiger partial charge in [0.05, 0.1) is 16.7 Å². The molecule has 2 aromatic rings. The Morgan fingerprint density at radius 3 is 2.33 bits per heavy atom. The summed E-state index contributed by atoms with van der Waals surface area (Å²) in [7, 11) is 0. The maximum absolute atomic E-state index is 13.3. The number of nitrogens with one attached hydrogen (secondary N) is 1. The van der Waals surface area contributed by atoms with Gasteiger partial charge in [-0.3, -0.25) is 34.3 Å². The number of carbonyl (C=O) groups is 5. The normalized spacial score (nSPS) is 26.7. The number of anilines is 2. The number of ether oxygens (including phenoxy) is 1. The predicted molar refractivity (Wildman–Crippen MR) is 178 cm³/mol. The number of benzene rings is 1. The third-order valence-corrected chi connectivity index (χ3v) is 10.7. The van der Waals surface area contributed by atoms with Gasteiger partial charge in [0.25, 0.3) is 11.8 Å². The number of hydrogen-bond donors (Lipinski definition) is 1. The molecule has 4 aliphatic heterocycles. The van der Waals surface area contributed by atoms with E-state index in [1.54, 1.807) is 18.3 Å². The zero-order valence-corrected chi connectivity index (χ0v) is 27.9. The summed E-state index contributed by atoms with van der Waals surface area (Å²) < 4.78 is 5.48. The molecule has 1 aliphatic carbocycles. The molecule has 1 aromatic heterocycles. The maximum Gasteiger partial charge on any atom is 0.340 e. The number of piperazine rings is 1. The van der Waals surface area contributed by atoms with Crippen LogP contribution in [0.4, 0.5) is 11.5 Å². The molecule has 5 aliphatic rings. The van der Waals surface area contributed by atoms with Gasteiger partial charge in [0.1, 0.15) is 17.5 Å². The molecule has 3 saturated heterocycles. The van der Waals surface area contributed by atoms with Gasteiger partial charge in [0, 0.05) is 63.6 Å². The van der Waals surface area contributed by atoms with Crippen LogP contribution in [0.1, 0.15) is 90.4 Å². The van der Waals surface area contributed by atoms with Gasteiger partial charge < -0.3 is 14.5 Å². The summed E-state index contributed by atoms with van der Waals surface area (Å²) in [5.41, 5.74) is 1.47. The number of aromatic nitrogens is 1. The van der Waals surface area contributed by atoms with Gasteiger partial charge >= 0.3 is 5.97 Å². The molecule has 5 heterocycles. The van der Waals surface area contributed by atoms with Gasteiger partial charge in [-0.05, 0) is 95.0 Å². The van der Waals surface area contributed by atoms with Crippen molar-refractivity contribution < 1.29 is 28.7 Å². The fourth-order valence-electron chi connectivity index (χ4n) is 8.16. The summed E-state index contributed by atoms with van der Waals surface area (Å²) in [4.78, 5) is 75.7. The highest BCUT2D eigenvalue weighted by atomic mass is 16.6. The SMILES string of the molecule is CC(C)(C)OC(=O)c1ccc(N2CC[C@@H]3CC(N4CCN(c5ccc6c(c5)C(=O)N(C5CCC(=O)NC5=O)C6=O)CC4)CC[C@@H]3C2)nc1. The molecule has 4 amide bonds. The minimum atomic E-state index is -0.960. The van der Waals surface area contributed by atoms with Crippen LogP contribution in [0.25, 0.3) is 0 Å². The minimum Gasteiger partial charge on any atom is -0.456 e. The first-order valence-electron chi connectivity index (χ1n) is 17.2. The molecule has 0 bridgehead atoms. The fraction of sp³-hybridized carbons (Fsp3) is 0.556. The Bertz CT molecular complexity index is 1630. The Morgan fingerprint density at radius 1 is 0.854 bits per heavy atom. The highest BCUT2D eigenvalue weighted by Gasteiger charge is 2.45. The Balaban J connectivity index is 0.912. The lowest BCUT2D eigenvalue weighted by molar-refractivity contribution is -0.136. The minimum absolute atomic E-state index is 0.102. The lowest BCUT2D eigenvalue weighted by Crippen LogP contribution is -2.54. The smallest absolute Gasteiger partial charge is 0.340 e. The third-order valence-electron chi connectivity index (χ3n) is 10.7. The molecule has 12 nitrogen and oxygen atoms in total. The predicted octanol–water partition coefficient (Wildman–Crippen LogP) is 3.26. The number of hydrogen-bond acceptors (Lipinski definition) is 10. The molecule has 0 spiro atoms. The molecular formula is C36H44N6O6. The van der Waals surface area contributed by atoms with E-state index in [-0.39, 0.29) is 24.7 Å². The van der Waals surface area contributed by atoms with Gasteiger partial charge in [-0.1, -0.05) is 0 Å². The van der Waals surface area contributed by atoms with Crippen LogP contribution in [0, 0.1) is 11.8 Å². The fourth-order valence-corrected chi connectivity index (χ4v) is 8.16. The monoisotopic (exact) mass is 656 g/mol. The summed E-state index contributed by atoms with van der Waals surface area (Å²) in [6, 6.07) is 8.74. The zero-order valence-electron chi connectivity index (χ0n) is 27.9. The molecule has 0 radical (unpaired) electrons. The molecule has 4 atom stereocenters. The third kappa shape index (κ3) is 6.29. The van der Waals surface area contributed by atoms with Gasteiger partial charge in [-0.2, -0.15) is 0 Å². The molecule has 254 valence electrons. The van der Waals surface area contributed by atoms with Crippen LogP contribution >= 0.6 is 0 Å². The molecule has 4 fully saturated rings. The first-order chi connectivity index (χ1) is 22.9. The van der Waals surface area contributed by atoms with Crippen molar-refractivity contribution in [2.75, 3.05) is 49.1 Å². The van der Waals surface area contributed by atoms with E-state index < -0.39 is 29.4 Å². The second-order valence-electron chi connectivity index (χ2n) is 14.8. The van der Waals surface area contributed by atoms with Crippen molar-refractivity contribution in [3.05, 3.63) is 53.2 Å². The van der Waals surface area contributed by atoms with E-state index in [2.05, 4.69) is 25.0 Å². The van der Waals surface area contributed by atoms with Gasteiger partial charge in [-0.25, -0.2) is 9.78 Å². The summed E-state index contributed by atoms with van der Waals surface area (Å²) in [6.45, 7) is 11.1. The summed E-state index contributed by atoms with van der Waals surface area (Å²) in [6.07, 6.45) is 6.57. The van der Waals surface area contributed by atoms with E-state index in [9.17, 15) is 24.0 Å². The Labute approximate surface area is 280 Å². The van der Waals surface area contributed by atoms with Crippen LogP contribution in [0.15, 0.2) is 36.5 Å². The van der Waals surface area contributed by atoms with Crippen LogP contribution in [0.2, 0.25) is 0 Å². The Kier molecular flexibility index (Phi) is 8.47. The van der Waals surface area contributed by atoms with Crippen LogP contribution in [0.5, 0.6) is 0 Å². The van der Waals surface area contributed by atoms with Crippen molar-refractivity contribution in [2.45, 2.75) is 77.0 Å². The van der Waals surface area contributed by atoms with Gasteiger partial charge in [-0.15, -0.1) is 0 Å². The summed E-state index contributed by atoms with van der Waals surface area (Å²) in [5, 5.41) is 2.25. The van der Waals surface area contributed by atoms with Crippen LogP contribution in [0.3, 0.4) is 0 Å². The Morgan fingerprint density at radius 2 is 1.62 bits per heavy atom. The summed E-state index contributed by atoms with van der Waals surface area (Å²) >= 11 is 0. The molecule has 1 N–H and O–H groups in total. The number of nitrogens with zero attached hydrogens (tertiary/aromatic N) is 5. The van der Waals surface area contributed by atoms with Crippen molar-refractivity contribution in [2.24, 2.45) is 11.8 Å². The number of fused-ring (bicyclic) bond motifs is 2. The number of rotatable bonds is 5. The van der Waals surface area contributed by atoms with E-state index in [0.717, 1.165) is 62.1 Å². The first kappa shape index (κ1) is 32.2. The number of piperidine rings is 2. The quantitative estimate of drug-likeness (QED) is 0.378. The van der Waals surface area contributed by atoms with E-state index in [4.69, 9.17) is 4.74 Å². The van der Waals surface area contributed by atoms with Gasteiger partial charge in [0.15, 0.2) is 0 Å². The Hall–Kier alpha value is -4.32. The zero-order chi connectivity index (χ0) is 33.7. The lowest BCUT2D eigenvalue weighted by atomic mass is 9.72. The van der Waals surface area contributed by atoms with Crippen molar-refractivity contribution in [1.82, 2.24) is 20.1 Å². The molecule has 2 unspecified atom stereocenters. The molecule has 48 heavy (non-hydrogen) atoms. The highest BCUT2D eigenvalue weighted by Crippen LogP contribution is 2.40. The van der Waals surface area contributed by atoms with Crippen LogP contribution in [-0.4, -0.2) is 101 Å². The van der Waals surface area contributed by atoms with E-state index in [0.29, 0.717) is 34.6 Å². The number of imide groups is 2. The maximum atomic E-state index is 13.3. The molecule has 7 rings (SSSR count). The topological polar surface area (TPSA) is 132 Å². The highest BCUT2D eigenvalue weighted by molar-refractivity contribution is 6.23.